The largest absolute Gasteiger partial charge is 0.345 e. The molecule has 0 spiro atoms. The molecule has 0 bridgehead atoms. The predicted molar refractivity (Wildman–Crippen MR) is 42.3 cm³/mol. The van der Waals surface area contributed by atoms with Crippen molar-refractivity contribution in [2.75, 3.05) is 0 Å². The first-order valence-electron chi connectivity index (χ1n) is 3.38. The lowest BCUT2D eigenvalue weighted by Crippen LogP contribution is -1.82. The van der Waals surface area contributed by atoms with E-state index >= 15 is 0 Å². The molecule has 0 radical (unpaired) electrons. The molecule has 1 rings (SSSR count). The van der Waals surface area contributed by atoms with E-state index < -0.39 is 0 Å². The van der Waals surface area contributed by atoms with Crippen molar-refractivity contribution in [2.24, 2.45) is 0 Å². The molecule has 1 aromatic rings. The van der Waals surface area contributed by atoms with Crippen LogP contribution in [0.4, 0.5) is 0 Å². The second kappa shape index (κ2) is 3.06. The Bertz CT molecular complexity index is 217. The second-order valence-electron chi connectivity index (χ2n) is 2.24. The average molecular weight is 159 g/mol. The number of hydrogen-bond acceptors (Lipinski definition) is 1. The molecule has 2 nitrogen and oxygen atoms in total. The first-order valence-corrected chi connectivity index (χ1v) is 3.91. The van der Waals surface area contributed by atoms with E-state index in [1.54, 1.807) is 0 Å². The first-order chi connectivity index (χ1) is 4.77. The highest BCUT2D eigenvalue weighted by Crippen LogP contribution is 2.06. The van der Waals surface area contributed by atoms with E-state index in [-0.39, 0.29) is 0 Å². The van der Waals surface area contributed by atoms with E-state index in [4.69, 9.17) is 11.6 Å². The molecule has 1 heterocycles. The Kier molecular flexibility index (Phi) is 2.33. The van der Waals surface area contributed by atoms with Crippen molar-refractivity contribution in [1.82, 2.24) is 9.97 Å². The maximum absolute atomic E-state index is 5.58. The Labute approximate surface area is 65.6 Å². The summed E-state index contributed by atoms with van der Waals surface area (Å²) in [6.07, 6.45) is 0.971. The lowest BCUT2D eigenvalue weighted by atomic mass is 10.3. The third-order valence-corrected chi connectivity index (χ3v) is 1.75. The van der Waals surface area contributed by atoms with E-state index in [9.17, 15) is 0 Å². The van der Waals surface area contributed by atoms with Crippen molar-refractivity contribution in [3.63, 3.8) is 0 Å². The molecule has 0 atom stereocenters. The van der Waals surface area contributed by atoms with Gasteiger partial charge in [0.05, 0.1) is 11.6 Å². The number of aryl methyl sites for hydroxylation is 2. The molecular formula is C7H11ClN2. The Hall–Kier alpha value is -0.500. The smallest absolute Gasteiger partial charge is 0.121 e. The maximum atomic E-state index is 5.58. The fraction of sp³-hybridized carbons (Fsp3) is 0.571. The molecule has 1 aromatic heterocycles. The van der Waals surface area contributed by atoms with Gasteiger partial charge in [0.2, 0.25) is 0 Å². The topological polar surface area (TPSA) is 28.7 Å². The highest BCUT2D eigenvalue weighted by Gasteiger charge is 2.01. The molecule has 0 aliphatic rings. The van der Waals surface area contributed by atoms with E-state index in [2.05, 4.69) is 16.9 Å². The SMILES string of the molecule is CCc1nc(CCl)[nH]c1C. The summed E-state index contributed by atoms with van der Waals surface area (Å²) >= 11 is 5.58. The van der Waals surface area contributed by atoms with Crippen LogP contribution < -0.4 is 0 Å². The van der Waals surface area contributed by atoms with Crippen molar-refractivity contribution >= 4 is 11.6 Å². The minimum atomic E-state index is 0.473. The number of aromatic nitrogens is 2. The van der Waals surface area contributed by atoms with Crippen LogP contribution in [0.5, 0.6) is 0 Å². The lowest BCUT2D eigenvalue weighted by molar-refractivity contribution is 1.02. The highest BCUT2D eigenvalue weighted by atomic mass is 35.5. The maximum Gasteiger partial charge on any atom is 0.121 e. The van der Waals surface area contributed by atoms with Gasteiger partial charge >= 0.3 is 0 Å². The van der Waals surface area contributed by atoms with Gasteiger partial charge in [0.25, 0.3) is 0 Å². The van der Waals surface area contributed by atoms with Crippen LogP contribution >= 0.6 is 11.6 Å². The number of alkyl halides is 1. The minimum absolute atomic E-state index is 0.473. The zero-order valence-corrected chi connectivity index (χ0v) is 7.00. The summed E-state index contributed by atoms with van der Waals surface area (Å²) in [6, 6.07) is 0. The standard InChI is InChI=1S/C7H11ClN2/c1-3-6-5(2)9-7(4-8)10-6/h3-4H2,1-2H3,(H,9,10). The van der Waals surface area contributed by atoms with E-state index in [1.165, 1.54) is 0 Å². The molecule has 0 aliphatic heterocycles. The minimum Gasteiger partial charge on any atom is -0.345 e. The van der Waals surface area contributed by atoms with Gasteiger partial charge < -0.3 is 4.98 Å². The van der Waals surface area contributed by atoms with E-state index in [1.807, 2.05) is 6.92 Å². The number of hydrogen-bond donors (Lipinski definition) is 1. The first kappa shape index (κ1) is 7.61. The third kappa shape index (κ3) is 1.32. The number of rotatable bonds is 2. The molecule has 56 valence electrons. The van der Waals surface area contributed by atoms with Crippen molar-refractivity contribution < 1.29 is 0 Å². The fourth-order valence-electron chi connectivity index (χ4n) is 0.971. The van der Waals surface area contributed by atoms with Gasteiger partial charge in [-0.1, -0.05) is 6.92 Å². The van der Waals surface area contributed by atoms with Crippen LogP contribution in [0.15, 0.2) is 0 Å². The van der Waals surface area contributed by atoms with Crippen LogP contribution in [0.3, 0.4) is 0 Å². The van der Waals surface area contributed by atoms with Gasteiger partial charge in [-0.2, -0.15) is 0 Å². The van der Waals surface area contributed by atoms with Gasteiger partial charge in [-0.25, -0.2) is 4.98 Å². The number of aromatic amines is 1. The van der Waals surface area contributed by atoms with Crippen LogP contribution in [0.2, 0.25) is 0 Å². The van der Waals surface area contributed by atoms with Crippen LogP contribution in [-0.4, -0.2) is 9.97 Å². The highest BCUT2D eigenvalue weighted by molar-refractivity contribution is 6.16. The number of imidazole rings is 1. The molecule has 3 heteroatoms. The molecular weight excluding hydrogens is 148 g/mol. The lowest BCUT2D eigenvalue weighted by Gasteiger charge is -1.86. The number of nitrogens with zero attached hydrogens (tertiary/aromatic N) is 1. The third-order valence-electron chi connectivity index (χ3n) is 1.50. The summed E-state index contributed by atoms with van der Waals surface area (Å²) < 4.78 is 0. The molecule has 0 fully saturated rings. The van der Waals surface area contributed by atoms with E-state index in [0.717, 1.165) is 23.6 Å². The van der Waals surface area contributed by atoms with Crippen LogP contribution in [0.25, 0.3) is 0 Å². The summed E-state index contributed by atoms with van der Waals surface area (Å²) in [4.78, 5) is 7.36. The van der Waals surface area contributed by atoms with Crippen molar-refractivity contribution in [2.45, 2.75) is 26.1 Å². The normalized spacial score (nSPS) is 10.3. The number of nitrogens with one attached hydrogen (secondary N) is 1. The number of H-pyrrole nitrogens is 1. The summed E-state index contributed by atoms with van der Waals surface area (Å²) in [6.45, 7) is 4.10. The molecule has 0 saturated heterocycles. The molecule has 0 amide bonds. The zero-order valence-electron chi connectivity index (χ0n) is 6.24. The van der Waals surface area contributed by atoms with Gasteiger partial charge in [0.1, 0.15) is 5.82 Å². The van der Waals surface area contributed by atoms with Gasteiger partial charge in [-0.3, -0.25) is 0 Å². The van der Waals surface area contributed by atoms with Gasteiger partial charge in [-0.05, 0) is 13.3 Å². The summed E-state index contributed by atoms with van der Waals surface area (Å²) in [5, 5.41) is 0. The van der Waals surface area contributed by atoms with Gasteiger partial charge in [-0.15, -0.1) is 11.6 Å². The van der Waals surface area contributed by atoms with E-state index in [0.29, 0.717) is 5.88 Å². The van der Waals surface area contributed by atoms with Crippen molar-refractivity contribution in [1.29, 1.82) is 0 Å². The molecule has 0 unspecified atom stereocenters. The number of halogens is 1. The Balaban J connectivity index is 2.92. The summed E-state index contributed by atoms with van der Waals surface area (Å²) in [5.41, 5.74) is 2.26. The quantitative estimate of drug-likeness (QED) is 0.656. The molecule has 10 heavy (non-hydrogen) atoms. The van der Waals surface area contributed by atoms with Crippen molar-refractivity contribution in [3.8, 4) is 0 Å². The van der Waals surface area contributed by atoms with Gasteiger partial charge in [0, 0.05) is 5.69 Å². The Morgan fingerprint density at radius 1 is 1.60 bits per heavy atom. The van der Waals surface area contributed by atoms with Crippen LogP contribution in [0, 0.1) is 6.92 Å². The second-order valence-corrected chi connectivity index (χ2v) is 2.51. The fourth-order valence-corrected chi connectivity index (χ4v) is 1.10. The predicted octanol–water partition coefficient (Wildman–Crippen LogP) is 2.02. The molecule has 0 aromatic carbocycles. The molecule has 0 saturated carbocycles. The Morgan fingerprint density at radius 2 is 2.30 bits per heavy atom. The average Bonchev–Trinajstić information content (AvgIpc) is 2.30. The van der Waals surface area contributed by atoms with Gasteiger partial charge in [0.15, 0.2) is 0 Å². The summed E-state index contributed by atoms with van der Waals surface area (Å²) in [7, 11) is 0. The van der Waals surface area contributed by atoms with Crippen LogP contribution in [-0.2, 0) is 12.3 Å². The summed E-state index contributed by atoms with van der Waals surface area (Å²) in [5.74, 6) is 1.34. The molecule has 0 aliphatic carbocycles. The Morgan fingerprint density at radius 3 is 2.60 bits per heavy atom. The zero-order chi connectivity index (χ0) is 7.56. The van der Waals surface area contributed by atoms with Crippen molar-refractivity contribution in [3.05, 3.63) is 17.2 Å². The monoisotopic (exact) mass is 158 g/mol. The molecule has 1 N–H and O–H groups in total. The van der Waals surface area contributed by atoms with Crippen LogP contribution in [0.1, 0.15) is 24.1 Å².